The summed E-state index contributed by atoms with van der Waals surface area (Å²) in [5, 5.41) is 10.4. The molecule has 0 saturated carbocycles. The first-order chi connectivity index (χ1) is 9.74. The Morgan fingerprint density at radius 3 is 2.95 bits per heavy atom. The number of hydrogen-bond donors (Lipinski definition) is 2. The van der Waals surface area contributed by atoms with Crippen LogP contribution in [-0.2, 0) is 6.42 Å². The van der Waals surface area contributed by atoms with Crippen LogP contribution in [0.3, 0.4) is 0 Å². The van der Waals surface area contributed by atoms with Gasteiger partial charge in [0.2, 0.25) is 5.88 Å². The molecule has 0 amide bonds. The van der Waals surface area contributed by atoms with Crippen molar-refractivity contribution >= 4 is 5.82 Å². The summed E-state index contributed by atoms with van der Waals surface area (Å²) in [5.41, 5.74) is 7.07. The second kappa shape index (κ2) is 5.00. The number of H-pyrrole nitrogens is 1. The molecule has 102 valence electrons. The van der Waals surface area contributed by atoms with Crippen LogP contribution in [0.25, 0.3) is 11.6 Å². The molecule has 8 nitrogen and oxygen atoms in total. The van der Waals surface area contributed by atoms with Gasteiger partial charge < -0.3 is 15.0 Å². The Hall–Kier alpha value is -2.90. The van der Waals surface area contributed by atoms with Gasteiger partial charge in [-0.15, -0.1) is 0 Å². The van der Waals surface area contributed by atoms with Gasteiger partial charge in [0.15, 0.2) is 5.82 Å². The lowest BCUT2D eigenvalue weighted by Crippen LogP contribution is -1.93. The number of hydrogen-bond acceptors (Lipinski definition) is 7. The lowest BCUT2D eigenvalue weighted by molar-refractivity contribution is 0.397. The predicted molar refractivity (Wildman–Crippen MR) is 69.9 cm³/mol. The highest BCUT2D eigenvalue weighted by Gasteiger charge is 2.11. The van der Waals surface area contributed by atoms with Crippen LogP contribution in [0.2, 0.25) is 0 Å². The first-order valence-corrected chi connectivity index (χ1v) is 5.87. The van der Waals surface area contributed by atoms with Gasteiger partial charge in [0.25, 0.3) is 5.89 Å². The van der Waals surface area contributed by atoms with E-state index >= 15 is 0 Å². The van der Waals surface area contributed by atoms with E-state index in [1.807, 2.05) is 6.07 Å². The number of nitrogen functional groups attached to an aromatic ring is 1. The minimum Gasteiger partial charge on any atom is -0.481 e. The smallest absolute Gasteiger partial charge is 0.276 e. The summed E-state index contributed by atoms with van der Waals surface area (Å²) in [5.74, 6) is 1.85. The van der Waals surface area contributed by atoms with Crippen LogP contribution < -0.4 is 10.5 Å². The summed E-state index contributed by atoms with van der Waals surface area (Å²) in [6.45, 7) is 0. The van der Waals surface area contributed by atoms with Gasteiger partial charge in [-0.3, -0.25) is 5.10 Å². The first-order valence-electron chi connectivity index (χ1n) is 5.87. The average molecular weight is 272 g/mol. The lowest BCUT2D eigenvalue weighted by atomic mass is 10.2. The quantitative estimate of drug-likeness (QED) is 0.728. The third kappa shape index (κ3) is 2.44. The highest BCUT2D eigenvalue weighted by Crippen LogP contribution is 2.17. The monoisotopic (exact) mass is 272 g/mol. The fraction of sp³-hybridized carbons (Fsp3) is 0.167. The molecule has 3 aromatic rings. The molecule has 3 aromatic heterocycles. The van der Waals surface area contributed by atoms with E-state index in [-0.39, 0.29) is 0 Å². The van der Waals surface area contributed by atoms with Crippen LogP contribution in [0.4, 0.5) is 5.82 Å². The van der Waals surface area contributed by atoms with Gasteiger partial charge in [0.05, 0.1) is 7.11 Å². The number of aromatic nitrogens is 5. The SMILES string of the molecule is COc1ccc(Cc2noc(-c3cc(N)n[nH]3)n2)cn1. The van der Waals surface area contributed by atoms with Crippen LogP contribution >= 0.6 is 0 Å². The molecule has 0 spiro atoms. The van der Waals surface area contributed by atoms with E-state index in [1.54, 1.807) is 25.4 Å². The summed E-state index contributed by atoms with van der Waals surface area (Å²) < 4.78 is 10.1. The molecular formula is C12H12N6O2. The van der Waals surface area contributed by atoms with Crippen molar-refractivity contribution in [3.8, 4) is 17.5 Å². The van der Waals surface area contributed by atoms with Crippen molar-refractivity contribution in [1.82, 2.24) is 25.3 Å². The number of anilines is 1. The maximum atomic E-state index is 5.52. The molecule has 0 atom stereocenters. The number of nitrogens with two attached hydrogens (primary N) is 1. The van der Waals surface area contributed by atoms with E-state index in [0.29, 0.717) is 35.5 Å². The molecule has 0 aliphatic heterocycles. The second-order valence-corrected chi connectivity index (χ2v) is 4.11. The van der Waals surface area contributed by atoms with E-state index < -0.39 is 0 Å². The van der Waals surface area contributed by atoms with E-state index in [4.69, 9.17) is 15.0 Å². The van der Waals surface area contributed by atoms with E-state index in [9.17, 15) is 0 Å². The van der Waals surface area contributed by atoms with Crippen molar-refractivity contribution in [1.29, 1.82) is 0 Å². The molecule has 0 aromatic carbocycles. The van der Waals surface area contributed by atoms with Gasteiger partial charge in [0.1, 0.15) is 11.5 Å². The third-order valence-corrected chi connectivity index (χ3v) is 2.67. The minimum atomic E-state index is 0.352. The number of pyridine rings is 1. The Morgan fingerprint density at radius 2 is 2.30 bits per heavy atom. The van der Waals surface area contributed by atoms with Crippen molar-refractivity contribution in [3.05, 3.63) is 35.8 Å². The van der Waals surface area contributed by atoms with Crippen molar-refractivity contribution < 1.29 is 9.26 Å². The molecule has 0 unspecified atom stereocenters. The molecule has 8 heteroatoms. The summed E-state index contributed by atoms with van der Waals surface area (Å²) >= 11 is 0. The van der Waals surface area contributed by atoms with Crippen molar-refractivity contribution in [2.24, 2.45) is 0 Å². The first kappa shape index (κ1) is 12.2. The normalized spacial score (nSPS) is 10.7. The van der Waals surface area contributed by atoms with Crippen LogP contribution in [0.1, 0.15) is 11.4 Å². The van der Waals surface area contributed by atoms with Gasteiger partial charge in [-0.25, -0.2) is 4.98 Å². The lowest BCUT2D eigenvalue weighted by Gasteiger charge is -1.99. The molecule has 0 aliphatic carbocycles. The molecule has 3 rings (SSSR count). The average Bonchev–Trinajstić information content (AvgIpc) is 3.09. The predicted octanol–water partition coefficient (Wildman–Crippen LogP) is 1.04. The number of nitrogens with zero attached hydrogens (tertiary/aromatic N) is 4. The molecule has 0 bridgehead atoms. The Balaban J connectivity index is 1.76. The highest BCUT2D eigenvalue weighted by atomic mass is 16.5. The van der Waals surface area contributed by atoms with E-state index in [2.05, 4.69) is 25.3 Å². The fourth-order valence-corrected chi connectivity index (χ4v) is 1.70. The number of rotatable bonds is 4. The molecule has 0 aliphatic rings. The van der Waals surface area contributed by atoms with Crippen LogP contribution in [0.5, 0.6) is 5.88 Å². The topological polar surface area (TPSA) is 116 Å². The maximum Gasteiger partial charge on any atom is 0.276 e. The zero-order valence-electron chi connectivity index (χ0n) is 10.7. The summed E-state index contributed by atoms with van der Waals surface area (Å²) in [6.07, 6.45) is 2.23. The van der Waals surface area contributed by atoms with Crippen LogP contribution in [0, 0.1) is 0 Å². The van der Waals surface area contributed by atoms with Gasteiger partial charge >= 0.3 is 0 Å². The molecule has 0 fully saturated rings. The standard InChI is InChI=1S/C12H12N6O2/c1-19-11-3-2-7(6-14-11)4-10-15-12(20-18-10)8-5-9(13)17-16-8/h2-3,5-6H,4H2,1H3,(H3,13,16,17). The second-order valence-electron chi connectivity index (χ2n) is 4.11. The van der Waals surface area contributed by atoms with Crippen molar-refractivity contribution in [3.63, 3.8) is 0 Å². The molecule has 0 radical (unpaired) electrons. The summed E-state index contributed by atoms with van der Waals surface area (Å²) in [6, 6.07) is 5.31. The molecule has 3 N–H and O–H groups in total. The molecule has 0 saturated heterocycles. The minimum absolute atomic E-state index is 0.352. The van der Waals surface area contributed by atoms with Gasteiger partial charge in [-0.1, -0.05) is 11.2 Å². The molecule has 3 heterocycles. The largest absolute Gasteiger partial charge is 0.481 e. The van der Waals surface area contributed by atoms with E-state index in [1.165, 1.54) is 0 Å². The zero-order valence-corrected chi connectivity index (χ0v) is 10.7. The fourth-order valence-electron chi connectivity index (χ4n) is 1.70. The number of ether oxygens (including phenoxy) is 1. The summed E-state index contributed by atoms with van der Waals surface area (Å²) in [4.78, 5) is 8.39. The van der Waals surface area contributed by atoms with E-state index in [0.717, 1.165) is 5.56 Å². The Labute approximate surface area is 114 Å². The maximum absolute atomic E-state index is 5.52. The molecule has 20 heavy (non-hydrogen) atoms. The van der Waals surface area contributed by atoms with Crippen LogP contribution in [-0.4, -0.2) is 32.4 Å². The number of methoxy groups -OCH3 is 1. The third-order valence-electron chi connectivity index (χ3n) is 2.67. The van der Waals surface area contributed by atoms with Crippen molar-refractivity contribution in [2.45, 2.75) is 6.42 Å². The number of nitrogens with one attached hydrogen (secondary N) is 1. The molecular weight excluding hydrogens is 260 g/mol. The van der Waals surface area contributed by atoms with Gasteiger partial charge in [-0.05, 0) is 5.56 Å². The van der Waals surface area contributed by atoms with Gasteiger partial charge in [-0.2, -0.15) is 10.1 Å². The highest BCUT2D eigenvalue weighted by molar-refractivity contribution is 5.51. The van der Waals surface area contributed by atoms with Gasteiger partial charge in [0, 0.05) is 24.8 Å². The summed E-state index contributed by atoms with van der Waals surface area (Å²) in [7, 11) is 1.57. The number of aromatic amines is 1. The Morgan fingerprint density at radius 1 is 1.40 bits per heavy atom. The zero-order chi connectivity index (χ0) is 13.9. The Kier molecular flexibility index (Phi) is 3.04. The Bertz CT molecular complexity index is 703. The van der Waals surface area contributed by atoms with Crippen molar-refractivity contribution in [2.75, 3.05) is 12.8 Å². The van der Waals surface area contributed by atoms with Crippen LogP contribution in [0.15, 0.2) is 28.9 Å².